The second-order valence-corrected chi connectivity index (χ2v) is 7.61. The number of fused-ring (bicyclic) bond motifs is 1. The molecule has 146 valence electrons. The van der Waals surface area contributed by atoms with Crippen molar-refractivity contribution in [2.24, 2.45) is 11.8 Å². The standard InChI is InChI=1S/C20H31NO5/c1-14-7-5-4-6-8-15-11-16(26-20(24)13-21(2)3)12-17(15)18(22)9-10-19(23)25-14/h6,8-10,14-18,22H,4-5,7,11-13H2,1-3H3/b8-6+,10-9-/t14-,15-,16-,17-,18-/m0/s1. The lowest BCUT2D eigenvalue weighted by Gasteiger charge is -2.19. The van der Waals surface area contributed by atoms with Crippen LogP contribution in [0.1, 0.15) is 39.0 Å². The van der Waals surface area contributed by atoms with E-state index in [0.29, 0.717) is 12.8 Å². The van der Waals surface area contributed by atoms with Gasteiger partial charge in [0.25, 0.3) is 0 Å². The summed E-state index contributed by atoms with van der Waals surface area (Å²) >= 11 is 0. The SMILES string of the molecule is C[C@H]1CCC/C=C/[C@H]2C[C@H](OC(=O)CN(C)C)C[C@@H]2[C@@H](O)/C=C\C(=O)O1. The summed E-state index contributed by atoms with van der Waals surface area (Å²) in [6.45, 7) is 2.13. The van der Waals surface area contributed by atoms with Gasteiger partial charge in [0.05, 0.1) is 18.8 Å². The first-order valence-electron chi connectivity index (χ1n) is 9.43. The first-order chi connectivity index (χ1) is 12.3. The number of allylic oxidation sites excluding steroid dienone is 2. The lowest BCUT2D eigenvalue weighted by molar-refractivity contribution is -0.149. The highest BCUT2D eigenvalue weighted by atomic mass is 16.5. The summed E-state index contributed by atoms with van der Waals surface area (Å²) in [5, 5.41) is 10.5. The Balaban J connectivity index is 2.05. The molecule has 0 bridgehead atoms. The van der Waals surface area contributed by atoms with Gasteiger partial charge < -0.3 is 14.6 Å². The predicted molar refractivity (Wildman–Crippen MR) is 98.3 cm³/mol. The predicted octanol–water partition coefficient (Wildman–Crippen LogP) is 2.07. The van der Waals surface area contributed by atoms with E-state index < -0.39 is 12.1 Å². The molecule has 6 heteroatoms. The molecule has 26 heavy (non-hydrogen) atoms. The van der Waals surface area contributed by atoms with Crippen molar-refractivity contribution in [3.05, 3.63) is 24.3 Å². The minimum Gasteiger partial charge on any atom is -0.461 e. The van der Waals surface area contributed by atoms with Crippen LogP contribution in [0.2, 0.25) is 0 Å². The van der Waals surface area contributed by atoms with E-state index >= 15 is 0 Å². The highest BCUT2D eigenvalue weighted by molar-refractivity contribution is 5.82. The molecule has 0 amide bonds. The maximum absolute atomic E-state index is 11.9. The lowest BCUT2D eigenvalue weighted by atomic mass is 9.90. The third-order valence-electron chi connectivity index (χ3n) is 4.91. The molecular weight excluding hydrogens is 334 g/mol. The van der Waals surface area contributed by atoms with Crippen molar-refractivity contribution in [2.75, 3.05) is 20.6 Å². The number of aliphatic hydroxyl groups is 1. The second-order valence-electron chi connectivity index (χ2n) is 7.61. The number of carbonyl (C=O) groups excluding carboxylic acids is 2. The van der Waals surface area contributed by atoms with E-state index in [-0.39, 0.29) is 36.6 Å². The minimum atomic E-state index is -0.772. The zero-order valence-corrected chi connectivity index (χ0v) is 16.0. The van der Waals surface area contributed by atoms with Gasteiger partial charge in [-0.25, -0.2) is 4.79 Å². The summed E-state index contributed by atoms with van der Waals surface area (Å²) in [5.41, 5.74) is 0. The van der Waals surface area contributed by atoms with Crippen LogP contribution in [-0.2, 0) is 19.1 Å². The Labute approximate surface area is 155 Å². The Morgan fingerprint density at radius 3 is 2.85 bits per heavy atom. The van der Waals surface area contributed by atoms with Crippen LogP contribution in [-0.4, -0.2) is 60.9 Å². The topological polar surface area (TPSA) is 76.1 Å². The molecular formula is C20H31NO5. The van der Waals surface area contributed by atoms with Crippen LogP contribution in [0.25, 0.3) is 0 Å². The molecule has 1 saturated carbocycles. The van der Waals surface area contributed by atoms with Crippen LogP contribution in [0.4, 0.5) is 0 Å². The molecule has 1 aliphatic heterocycles. The van der Waals surface area contributed by atoms with Crippen LogP contribution < -0.4 is 0 Å². The van der Waals surface area contributed by atoms with Gasteiger partial charge in [0, 0.05) is 6.08 Å². The fourth-order valence-corrected chi connectivity index (χ4v) is 3.66. The summed E-state index contributed by atoms with van der Waals surface area (Å²) in [6, 6.07) is 0. The maximum Gasteiger partial charge on any atom is 0.330 e. The van der Waals surface area contributed by atoms with Gasteiger partial charge >= 0.3 is 11.9 Å². The van der Waals surface area contributed by atoms with Crippen molar-refractivity contribution in [1.82, 2.24) is 4.90 Å². The smallest absolute Gasteiger partial charge is 0.330 e. The van der Waals surface area contributed by atoms with Crippen molar-refractivity contribution in [1.29, 1.82) is 0 Å². The highest BCUT2D eigenvalue weighted by Gasteiger charge is 2.38. The van der Waals surface area contributed by atoms with Gasteiger partial charge in [-0.05, 0) is 71.0 Å². The molecule has 1 heterocycles. The van der Waals surface area contributed by atoms with E-state index in [1.807, 2.05) is 21.0 Å². The highest BCUT2D eigenvalue weighted by Crippen LogP contribution is 2.38. The van der Waals surface area contributed by atoms with Gasteiger partial charge in [0.2, 0.25) is 0 Å². The number of hydrogen-bond acceptors (Lipinski definition) is 6. The molecule has 0 saturated heterocycles. The first-order valence-corrected chi connectivity index (χ1v) is 9.43. The number of esters is 2. The van der Waals surface area contributed by atoms with Crippen LogP contribution in [0.15, 0.2) is 24.3 Å². The summed E-state index contributed by atoms with van der Waals surface area (Å²) in [7, 11) is 3.64. The minimum absolute atomic E-state index is 0.0781. The average Bonchev–Trinajstić information content (AvgIpc) is 2.93. The fraction of sp³-hybridized carbons (Fsp3) is 0.700. The van der Waals surface area contributed by atoms with Gasteiger partial charge in [0.15, 0.2) is 0 Å². The molecule has 0 unspecified atom stereocenters. The zero-order valence-electron chi connectivity index (χ0n) is 16.0. The molecule has 0 radical (unpaired) electrons. The quantitative estimate of drug-likeness (QED) is 0.610. The number of carbonyl (C=O) groups is 2. The Kier molecular flexibility index (Phi) is 7.85. The summed E-state index contributed by atoms with van der Waals surface area (Å²) in [4.78, 5) is 25.5. The Bertz CT molecular complexity index is 542. The van der Waals surface area contributed by atoms with Crippen molar-refractivity contribution in [2.45, 2.75) is 57.3 Å². The van der Waals surface area contributed by atoms with E-state index in [4.69, 9.17) is 9.47 Å². The number of nitrogens with zero attached hydrogens (tertiary/aromatic N) is 1. The van der Waals surface area contributed by atoms with Crippen molar-refractivity contribution < 1.29 is 24.2 Å². The molecule has 0 aromatic carbocycles. The first kappa shape index (κ1) is 20.6. The molecule has 1 fully saturated rings. The lowest BCUT2D eigenvalue weighted by Crippen LogP contribution is -2.27. The number of hydrogen-bond donors (Lipinski definition) is 1. The molecule has 0 aromatic rings. The van der Waals surface area contributed by atoms with Gasteiger partial charge in [-0.2, -0.15) is 0 Å². The van der Waals surface area contributed by atoms with E-state index in [1.165, 1.54) is 12.2 Å². The Hall–Kier alpha value is -1.66. The fourth-order valence-electron chi connectivity index (χ4n) is 3.66. The zero-order chi connectivity index (χ0) is 19.1. The maximum atomic E-state index is 11.9. The van der Waals surface area contributed by atoms with Gasteiger partial charge in [0.1, 0.15) is 6.10 Å². The second kappa shape index (κ2) is 9.88. The largest absolute Gasteiger partial charge is 0.461 e. The van der Waals surface area contributed by atoms with Crippen molar-refractivity contribution >= 4 is 11.9 Å². The van der Waals surface area contributed by atoms with Crippen molar-refractivity contribution in [3.8, 4) is 0 Å². The Morgan fingerprint density at radius 2 is 2.12 bits per heavy atom. The van der Waals surface area contributed by atoms with E-state index in [2.05, 4.69) is 12.2 Å². The molecule has 5 atom stereocenters. The third kappa shape index (κ3) is 6.57. The number of likely N-dealkylation sites (N-methyl/N-ethyl adjacent to an activating group) is 1. The molecule has 1 aliphatic carbocycles. The van der Waals surface area contributed by atoms with Crippen LogP contribution in [0.3, 0.4) is 0 Å². The monoisotopic (exact) mass is 365 g/mol. The number of ether oxygens (including phenoxy) is 2. The van der Waals surface area contributed by atoms with Crippen molar-refractivity contribution in [3.63, 3.8) is 0 Å². The van der Waals surface area contributed by atoms with Crippen LogP contribution >= 0.6 is 0 Å². The van der Waals surface area contributed by atoms with Crippen LogP contribution in [0, 0.1) is 11.8 Å². The summed E-state index contributed by atoms with van der Waals surface area (Å²) in [5.74, 6) is -0.626. The van der Waals surface area contributed by atoms with Crippen LogP contribution in [0.5, 0.6) is 0 Å². The molecule has 2 rings (SSSR count). The third-order valence-corrected chi connectivity index (χ3v) is 4.91. The normalized spacial score (nSPS) is 35.4. The summed E-state index contributed by atoms with van der Waals surface area (Å²) < 4.78 is 10.9. The van der Waals surface area contributed by atoms with E-state index in [1.54, 1.807) is 4.90 Å². The van der Waals surface area contributed by atoms with Gasteiger partial charge in [-0.1, -0.05) is 12.2 Å². The number of rotatable bonds is 3. The number of cyclic esters (lactones) is 1. The Morgan fingerprint density at radius 1 is 1.35 bits per heavy atom. The van der Waals surface area contributed by atoms with E-state index in [9.17, 15) is 14.7 Å². The molecule has 6 nitrogen and oxygen atoms in total. The molecule has 2 aliphatic rings. The van der Waals surface area contributed by atoms with Gasteiger partial charge in [-0.15, -0.1) is 0 Å². The number of aliphatic hydroxyl groups excluding tert-OH is 1. The van der Waals surface area contributed by atoms with Gasteiger partial charge in [-0.3, -0.25) is 9.69 Å². The molecule has 0 aromatic heterocycles. The summed E-state index contributed by atoms with van der Waals surface area (Å²) in [6.07, 6.45) is 9.91. The van der Waals surface area contributed by atoms with E-state index in [0.717, 1.165) is 19.3 Å². The molecule has 1 N–H and O–H groups in total. The molecule has 0 spiro atoms. The average molecular weight is 365 g/mol.